The van der Waals surface area contributed by atoms with Crippen LogP contribution in [0.5, 0.6) is 5.75 Å². The smallest absolute Gasteiger partial charge is 0.173 e. The first-order chi connectivity index (χ1) is 12.1. The molecule has 0 unspecified atom stereocenters. The molecular formula is C18H12ClN5O. The summed E-state index contributed by atoms with van der Waals surface area (Å²) in [6.07, 6.45) is 0. The SMILES string of the molecule is Cn1nc(-c2ccccc2)c(O)c1-c1nc2cc(C#N)c(Cl)cc2[nH]1. The largest absolute Gasteiger partial charge is 0.504 e. The van der Waals surface area contributed by atoms with Gasteiger partial charge in [-0.3, -0.25) is 4.68 Å². The Bertz CT molecular complexity index is 1140. The standard InChI is InChI=1S/C18H12ClN5O/c1-24-16(17(25)15(23-24)10-5-3-2-4-6-10)18-21-13-7-11(9-20)12(19)8-14(13)22-18/h2-8,25H,1H3,(H,21,22). The van der Waals surface area contributed by atoms with E-state index in [9.17, 15) is 5.11 Å². The van der Waals surface area contributed by atoms with Gasteiger partial charge in [0.2, 0.25) is 0 Å². The van der Waals surface area contributed by atoms with Crippen LogP contribution in [0.25, 0.3) is 33.8 Å². The molecule has 0 bridgehead atoms. The summed E-state index contributed by atoms with van der Waals surface area (Å²) in [6.45, 7) is 0. The molecule has 25 heavy (non-hydrogen) atoms. The highest BCUT2D eigenvalue weighted by Crippen LogP contribution is 2.37. The molecule has 0 saturated heterocycles. The molecule has 122 valence electrons. The van der Waals surface area contributed by atoms with E-state index in [0.29, 0.717) is 38.8 Å². The number of rotatable bonds is 2. The van der Waals surface area contributed by atoms with Crippen molar-refractivity contribution in [2.24, 2.45) is 7.05 Å². The van der Waals surface area contributed by atoms with Crippen molar-refractivity contribution >= 4 is 22.6 Å². The Balaban J connectivity index is 1.90. The number of aromatic hydroxyl groups is 1. The van der Waals surface area contributed by atoms with E-state index in [0.717, 1.165) is 5.56 Å². The number of aromatic nitrogens is 4. The van der Waals surface area contributed by atoms with Gasteiger partial charge in [0.15, 0.2) is 11.6 Å². The molecule has 0 aliphatic heterocycles. The third kappa shape index (κ3) is 2.42. The summed E-state index contributed by atoms with van der Waals surface area (Å²) >= 11 is 6.07. The number of imidazole rings is 1. The quantitative estimate of drug-likeness (QED) is 0.575. The fourth-order valence-electron chi connectivity index (χ4n) is 2.80. The summed E-state index contributed by atoms with van der Waals surface area (Å²) in [5.74, 6) is 0.496. The van der Waals surface area contributed by atoms with Gasteiger partial charge in [0.05, 0.1) is 21.6 Å². The second kappa shape index (κ2) is 5.65. The normalized spacial score (nSPS) is 10.9. The first kappa shape index (κ1) is 15.2. The third-order valence-electron chi connectivity index (χ3n) is 3.98. The van der Waals surface area contributed by atoms with E-state index < -0.39 is 0 Å². The highest BCUT2D eigenvalue weighted by Gasteiger charge is 2.21. The molecule has 0 saturated carbocycles. The van der Waals surface area contributed by atoms with Crippen LogP contribution in [0.2, 0.25) is 5.02 Å². The van der Waals surface area contributed by atoms with Crippen LogP contribution in [-0.4, -0.2) is 24.9 Å². The van der Waals surface area contributed by atoms with Gasteiger partial charge in [-0.1, -0.05) is 41.9 Å². The number of benzene rings is 2. The molecule has 0 atom stereocenters. The summed E-state index contributed by atoms with van der Waals surface area (Å²) < 4.78 is 1.57. The Kier molecular flexibility index (Phi) is 3.45. The van der Waals surface area contributed by atoms with Gasteiger partial charge in [-0.2, -0.15) is 10.4 Å². The average molecular weight is 350 g/mol. The minimum atomic E-state index is 0.0411. The van der Waals surface area contributed by atoms with Gasteiger partial charge in [0, 0.05) is 12.6 Å². The molecule has 0 aliphatic rings. The van der Waals surface area contributed by atoms with Gasteiger partial charge in [-0.05, 0) is 12.1 Å². The number of nitrogens with one attached hydrogen (secondary N) is 1. The molecule has 2 N–H and O–H groups in total. The maximum atomic E-state index is 10.7. The Morgan fingerprint density at radius 1 is 1.24 bits per heavy atom. The minimum absolute atomic E-state index is 0.0411. The van der Waals surface area contributed by atoms with Crippen LogP contribution in [0.1, 0.15) is 5.56 Å². The van der Waals surface area contributed by atoms with Crippen LogP contribution in [0.3, 0.4) is 0 Å². The second-order valence-electron chi connectivity index (χ2n) is 5.58. The Hall–Kier alpha value is -3.30. The molecule has 2 aromatic heterocycles. The predicted molar refractivity (Wildman–Crippen MR) is 95.1 cm³/mol. The zero-order chi connectivity index (χ0) is 17.6. The summed E-state index contributed by atoms with van der Waals surface area (Å²) in [4.78, 5) is 7.60. The van der Waals surface area contributed by atoms with Crippen molar-refractivity contribution in [2.45, 2.75) is 0 Å². The maximum Gasteiger partial charge on any atom is 0.173 e. The molecule has 4 rings (SSSR count). The van der Waals surface area contributed by atoms with Crippen molar-refractivity contribution in [3.05, 3.63) is 53.1 Å². The van der Waals surface area contributed by atoms with E-state index in [1.807, 2.05) is 36.4 Å². The van der Waals surface area contributed by atoms with Crippen LogP contribution in [-0.2, 0) is 7.05 Å². The van der Waals surface area contributed by atoms with Gasteiger partial charge in [0.1, 0.15) is 17.5 Å². The lowest BCUT2D eigenvalue weighted by Gasteiger charge is -1.98. The van der Waals surface area contributed by atoms with Crippen molar-refractivity contribution in [1.29, 1.82) is 5.26 Å². The summed E-state index contributed by atoms with van der Waals surface area (Å²) in [6, 6.07) is 14.7. The van der Waals surface area contributed by atoms with Gasteiger partial charge in [-0.25, -0.2) is 4.98 Å². The Morgan fingerprint density at radius 2 is 2.00 bits per heavy atom. The third-order valence-corrected chi connectivity index (χ3v) is 4.30. The molecule has 7 heteroatoms. The zero-order valence-corrected chi connectivity index (χ0v) is 13.9. The van der Waals surface area contributed by atoms with Gasteiger partial charge >= 0.3 is 0 Å². The number of fused-ring (bicyclic) bond motifs is 1. The molecule has 0 spiro atoms. The van der Waals surface area contributed by atoms with Crippen LogP contribution in [0.4, 0.5) is 0 Å². The molecule has 6 nitrogen and oxygen atoms in total. The summed E-state index contributed by atoms with van der Waals surface area (Å²) in [7, 11) is 1.74. The number of nitrogens with zero attached hydrogens (tertiary/aromatic N) is 4. The number of aromatic amines is 1. The lowest BCUT2D eigenvalue weighted by Crippen LogP contribution is -1.95. The predicted octanol–water partition coefficient (Wildman–Crippen LogP) is 3.86. The number of H-pyrrole nitrogens is 1. The molecule has 2 heterocycles. The number of nitriles is 1. The monoisotopic (exact) mass is 349 g/mol. The highest BCUT2D eigenvalue weighted by molar-refractivity contribution is 6.32. The van der Waals surface area contributed by atoms with Gasteiger partial charge in [-0.15, -0.1) is 0 Å². The fraction of sp³-hybridized carbons (Fsp3) is 0.0556. The van der Waals surface area contributed by atoms with E-state index in [1.54, 1.807) is 23.9 Å². The average Bonchev–Trinajstić information content (AvgIpc) is 3.14. The maximum absolute atomic E-state index is 10.7. The van der Waals surface area contributed by atoms with E-state index >= 15 is 0 Å². The topological polar surface area (TPSA) is 90.5 Å². The van der Waals surface area contributed by atoms with Gasteiger partial charge in [0.25, 0.3) is 0 Å². The van der Waals surface area contributed by atoms with Crippen molar-refractivity contribution in [3.63, 3.8) is 0 Å². The molecule has 0 fully saturated rings. The van der Waals surface area contributed by atoms with E-state index in [-0.39, 0.29) is 5.75 Å². The van der Waals surface area contributed by atoms with E-state index in [1.165, 1.54) is 0 Å². The molecular weight excluding hydrogens is 338 g/mol. The molecule has 0 amide bonds. The lowest BCUT2D eigenvalue weighted by atomic mass is 10.1. The Labute approximate surface area is 147 Å². The molecule has 2 aromatic carbocycles. The molecule has 0 radical (unpaired) electrons. The summed E-state index contributed by atoms with van der Waals surface area (Å²) in [5.41, 5.74) is 3.39. The highest BCUT2D eigenvalue weighted by atomic mass is 35.5. The van der Waals surface area contributed by atoms with Crippen LogP contribution in [0.15, 0.2) is 42.5 Å². The minimum Gasteiger partial charge on any atom is -0.504 e. The first-order valence-electron chi connectivity index (χ1n) is 7.49. The molecule has 0 aliphatic carbocycles. The van der Waals surface area contributed by atoms with E-state index in [4.69, 9.17) is 16.9 Å². The Morgan fingerprint density at radius 3 is 2.72 bits per heavy atom. The van der Waals surface area contributed by atoms with Crippen molar-refractivity contribution in [2.75, 3.05) is 0 Å². The number of hydrogen-bond donors (Lipinski definition) is 2. The van der Waals surface area contributed by atoms with Gasteiger partial charge < -0.3 is 10.1 Å². The van der Waals surface area contributed by atoms with E-state index in [2.05, 4.69) is 15.1 Å². The van der Waals surface area contributed by atoms with Crippen molar-refractivity contribution < 1.29 is 5.11 Å². The van der Waals surface area contributed by atoms with Crippen LogP contribution >= 0.6 is 11.6 Å². The van der Waals surface area contributed by atoms with Crippen LogP contribution < -0.4 is 0 Å². The lowest BCUT2D eigenvalue weighted by molar-refractivity contribution is 0.478. The number of aryl methyl sites for hydroxylation is 1. The molecule has 4 aromatic rings. The number of halogens is 1. The van der Waals surface area contributed by atoms with Crippen molar-refractivity contribution in [1.82, 2.24) is 19.7 Å². The second-order valence-corrected chi connectivity index (χ2v) is 5.99. The zero-order valence-electron chi connectivity index (χ0n) is 13.2. The fourth-order valence-corrected chi connectivity index (χ4v) is 3.00. The summed E-state index contributed by atoms with van der Waals surface area (Å²) in [5, 5.41) is 24.5. The first-order valence-corrected chi connectivity index (χ1v) is 7.87. The number of hydrogen-bond acceptors (Lipinski definition) is 4. The van der Waals surface area contributed by atoms with Crippen LogP contribution in [0, 0.1) is 11.3 Å². The van der Waals surface area contributed by atoms with Crippen molar-refractivity contribution in [3.8, 4) is 34.6 Å².